The second-order valence-corrected chi connectivity index (χ2v) is 9.42. The molecular formula is C14H24N2O2S2. The molecule has 3 N–H and O–H groups in total. The van der Waals surface area contributed by atoms with E-state index in [1.165, 1.54) is 11.3 Å². The predicted molar refractivity (Wildman–Crippen MR) is 83.3 cm³/mol. The van der Waals surface area contributed by atoms with E-state index in [9.17, 15) is 8.42 Å². The molecule has 0 aromatic carbocycles. The molecule has 0 atom stereocenters. The Morgan fingerprint density at radius 1 is 1.40 bits per heavy atom. The molecule has 0 amide bonds. The van der Waals surface area contributed by atoms with Gasteiger partial charge in [-0.1, -0.05) is 13.8 Å². The van der Waals surface area contributed by atoms with Crippen LogP contribution in [0.4, 0.5) is 0 Å². The zero-order valence-corrected chi connectivity index (χ0v) is 14.0. The third-order valence-corrected chi connectivity index (χ3v) is 6.92. The van der Waals surface area contributed by atoms with Gasteiger partial charge in [0.1, 0.15) is 0 Å². The van der Waals surface area contributed by atoms with Gasteiger partial charge < -0.3 is 5.73 Å². The smallest absolute Gasteiger partial charge is 0.241 e. The average Bonchev–Trinajstić information content (AvgIpc) is 2.74. The SMILES string of the molecule is Cc1sc(CN)cc1S(=O)(=O)NC1CCC(C)(C)CC1. The molecule has 1 aromatic rings. The molecule has 1 aliphatic rings. The lowest BCUT2D eigenvalue weighted by Gasteiger charge is -2.34. The van der Waals surface area contributed by atoms with Crippen LogP contribution in [0, 0.1) is 12.3 Å². The highest BCUT2D eigenvalue weighted by Crippen LogP contribution is 2.35. The summed E-state index contributed by atoms with van der Waals surface area (Å²) < 4.78 is 27.8. The fourth-order valence-electron chi connectivity index (χ4n) is 2.69. The first kappa shape index (κ1) is 15.9. The van der Waals surface area contributed by atoms with Crippen molar-refractivity contribution in [3.05, 3.63) is 15.8 Å². The van der Waals surface area contributed by atoms with Crippen molar-refractivity contribution in [2.45, 2.75) is 63.9 Å². The first-order valence-corrected chi connectivity index (χ1v) is 9.35. The lowest BCUT2D eigenvalue weighted by molar-refractivity contribution is 0.218. The molecule has 114 valence electrons. The second-order valence-electron chi connectivity index (χ2n) is 6.40. The number of nitrogens with two attached hydrogens (primary N) is 1. The number of thiophene rings is 1. The maximum absolute atomic E-state index is 12.5. The molecular weight excluding hydrogens is 292 g/mol. The minimum Gasteiger partial charge on any atom is -0.326 e. The van der Waals surface area contributed by atoms with Gasteiger partial charge in [0, 0.05) is 22.3 Å². The Balaban J connectivity index is 2.10. The molecule has 1 saturated carbocycles. The molecule has 0 unspecified atom stereocenters. The Morgan fingerprint density at radius 2 is 2.00 bits per heavy atom. The summed E-state index contributed by atoms with van der Waals surface area (Å²) in [5, 5.41) is 0. The number of hydrogen-bond acceptors (Lipinski definition) is 4. The minimum atomic E-state index is -3.41. The normalized spacial score (nSPS) is 20.2. The van der Waals surface area contributed by atoms with Crippen LogP contribution in [0.3, 0.4) is 0 Å². The molecule has 0 radical (unpaired) electrons. The molecule has 6 heteroatoms. The topological polar surface area (TPSA) is 72.2 Å². The third-order valence-electron chi connectivity index (χ3n) is 4.07. The molecule has 20 heavy (non-hydrogen) atoms. The summed E-state index contributed by atoms with van der Waals surface area (Å²) in [6.07, 6.45) is 3.96. The van der Waals surface area contributed by atoms with Gasteiger partial charge in [-0.25, -0.2) is 13.1 Å². The van der Waals surface area contributed by atoms with Gasteiger partial charge in [-0.15, -0.1) is 11.3 Å². The zero-order chi connectivity index (χ0) is 15.0. The largest absolute Gasteiger partial charge is 0.326 e. The van der Waals surface area contributed by atoms with Gasteiger partial charge in [-0.3, -0.25) is 0 Å². The summed E-state index contributed by atoms with van der Waals surface area (Å²) in [5.74, 6) is 0. The first-order valence-electron chi connectivity index (χ1n) is 7.05. The lowest BCUT2D eigenvalue weighted by Crippen LogP contribution is -2.39. The molecule has 0 saturated heterocycles. The van der Waals surface area contributed by atoms with Crippen molar-refractivity contribution in [2.75, 3.05) is 0 Å². The van der Waals surface area contributed by atoms with Gasteiger partial charge in [-0.2, -0.15) is 0 Å². The zero-order valence-electron chi connectivity index (χ0n) is 12.4. The van der Waals surface area contributed by atoms with Crippen molar-refractivity contribution < 1.29 is 8.42 Å². The van der Waals surface area contributed by atoms with Gasteiger partial charge in [0.2, 0.25) is 10.0 Å². The fourth-order valence-corrected chi connectivity index (χ4v) is 5.51. The van der Waals surface area contributed by atoms with Crippen LogP contribution in [0.2, 0.25) is 0 Å². The van der Waals surface area contributed by atoms with Gasteiger partial charge in [-0.05, 0) is 44.1 Å². The molecule has 0 bridgehead atoms. The molecule has 4 nitrogen and oxygen atoms in total. The highest BCUT2D eigenvalue weighted by Gasteiger charge is 2.30. The summed E-state index contributed by atoms with van der Waals surface area (Å²) in [5.41, 5.74) is 5.92. The summed E-state index contributed by atoms with van der Waals surface area (Å²) in [6, 6.07) is 1.77. The van der Waals surface area contributed by atoms with E-state index in [-0.39, 0.29) is 6.04 Å². The fraction of sp³-hybridized carbons (Fsp3) is 0.714. The van der Waals surface area contributed by atoms with Gasteiger partial charge >= 0.3 is 0 Å². The summed E-state index contributed by atoms with van der Waals surface area (Å²) >= 11 is 1.46. The number of hydrogen-bond donors (Lipinski definition) is 2. The van der Waals surface area contributed by atoms with Crippen LogP contribution >= 0.6 is 11.3 Å². The van der Waals surface area contributed by atoms with E-state index in [1.807, 2.05) is 6.92 Å². The average molecular weight is 316 g/mol. The Hall–Kier alpha value is -0.430. The van der Waals surface area contributed by atoms with E-state index in [0.29, 0.717) is 16.9 Å². The van der Waals surface area contributed by atoms with Crippen molar-refractivity contribution in [1.29, 1.82) is 0 Å². The minimum absolute atomic E-state index is 0.0636. The number of aryl methyl sites for hydroxylation is 1. The predicted octanol–water partition coefficient (Wildman–Crippen LogP) is 2.76. The van der Waals surface area contributed by atoms with E-state index < -0.39 is 10.0 Å². The number of sulfonamides is 1. The summed E-state index contributed by atoms with van der Waals surface area (Å²) in [7, 11) is -3.41. The Morgan fingerprint density at radius 3 is 2.50 bits per heavy atom. The number of rotatable bonds is 4. The maximum atomic E-state index is 12.5. The van der Waals surface area contributed by atoms with Crippen molar-refractivity contribution in [1.82, 2.24) is 4.72 Å². The molecule has 1 aromatic heterocycles. The third kappa shape index (κ3) is 3.61. The lowest BCUT2D eigenvalue weighted by atomic mass is 9.76. The highest BCUT2D eigenvalue weighted by molar-refractivity contribution is 7.89. The van der Waals surface area contributed by atoms with Gasteiger partial charge in [0.05, 0.1) is 4.90 Å². The molecule has 0 aliphatic heterocycles. The van der Waals surface area contributed by atoms with Crippen LogP contribution in [-0.2, 0) is 16.6 Å². The number of nitrogens with one attached hydrogen (secondary N) is 1. The highest BCUT2D eigenvalue weighted by atomic mass is 32.2. The van der Waals surface area contributed by atoms with E-state index in [2.05, 4.69) is 18.6 Å². The van der Waals surface area contributed by atoms with Crippen molar-refractivity contribution >= 4 is 21.4 Å². The summed E-state index contributed by atoms with van der Waals surface area (Å²) in [6.45, 7) is 6.71. The Bertz CT molecular complexity index is 566. The Kier molecular flexibility index (Phi) is 4.59. The molecule has 1 heterocycles. The second kappa shape index (κ2) is 5.75. The van der Waals surface area contributed by atoms with Crippen LogP contribution in [0.25, 0.3) is 0 Å². The van der Waals surface area contributed by atoms with Crippen LogP contribution in [0.1, 0.15) is 49.3 Å². The van der Waals surface area contributed by atoms with Gasteiger partial charge in [0.15, 0.2) is 0 Å². The monoisotopic (exact) mass is 316 g/mol. The van der Waals surface area contributed by atoms with E-state index in [1.54, 1.807) is 6.07 Å². The van der Waals surface area contributed by atoms with Crippen LogP contribution in [-0.4, -0.2) is 14.5 Å². The van der Waals surface area contributed by atoms with Crippen molar-refractivity contribution in [2.24, 2.45) is 11.1 Å². The van der Waals surface area contributed by atoms with Gasteiger partial charge in [0.25, 0.3) is 0 Å². The van der Waals surface area contributed by atoms with E-state index in [0.717, 1.165) is 35.4 Å². The van der Waals surface area contributed by atoms with Crippen molar-refractivity contribution in [3.8, 4) is 0 Å². The van der Waals surface area contributed by atoms with Crippen LogP contribution < -0.4 is 10.5 Å². The van der Waals surface area contributed by atoms with E-state index >= 15 is 0 Å². The Labute approximate surface area is 125 Å². The quantitative estimate of drug-likeness (QED) is 0.897. The maximum Gasteiger partial charge on any atom is 0.241 e. The molecule has 1 fully saturated rings. The molecule has 2 rings (SSSR count). The molecule has 0 spiro atoms. The summed E-state index contributed by atoms with van der Waals surface area (Å²) in [4.78, 5) is 2.12. The first-order chi connectivity index (χ1) is 9.23. The molecule has 1 aliphatic carbocycles. The standard InChI is InChI=1S/C14H24N2O2S2/c1-10-13(8-12(9-15)19-10)20(17,18)16-11-4-6-14(2,3)7-5-11/h8,11,16H,4-7,9,15H2,1-3H3. The van der Waals surface area contributed by atoms with Crippen LogP contribution in [0.5, 0.6) is 0 Å². The van der Waals surface area contributed by atoms with E-state index in [4.69, 9.17) is 5.73 Å². The van der Waals surface area contributed by atoms with Crippen LogP contribution in [0.15, 0.2) is 11.0 Å². The van der Waals surface area contributed by atoms with Crippen molar-refractivity contribution in [3.63, 3.8) is 0 Å².